The molecule has 4 aromatic rings. The zero-order chi connectivity index (χ0) is 29.4. The van der Waals surface area contributed by atoms with E-state index in [9.17, 15) is 19.2 Å². The fourth-order valence-electron chi connectivity index (χ4n) is 5.15. The summed E-state index contributed by atoms with van der Waals surface area (Å²) in [7, 11) is 3.11. The van der Waals surface area contributed by atoms with Gasteiger partial charge in [-0.3, -0.25) is 19.2 Å². The Kier molecular flexibility index (Phi) is 7.48. The summed E-state index contributed by atoms with van der Waals surface area (Å²) in [6.45, 7) is -0.205. The molecule has 0 radical (unpaired) electrons. The number of hydrogen-bond acceptors (Lipinski definition) is 9. The van der Waals surface area contributed by atoms with Crippen molar-refractivity contribution in [3.05, 3.63) is 92.9 Å². The van der Waals surface area contributed by atoms with Crippen LogP contribution >= 0.6 is 23.1 Å². The highest BCUT2D eigenvalue weighted by Gasteiger charge is 2.56. The van der Waals surface area contributed by atoms with Crippen LogP contribution in [-0.2, 0) is 14.4 Å². The molecule has 1 fully saturated rings. The number of thiazole rings is 1. The molecular weight excluding hydrogens is 578 g/mol. The fourth-order valence-corrected chi connectivity index (χ4v) is 7.67. The van der Waals surface area contributed by atoms with Crippen molar-refractivity contribution in [1.82, 2.24) is 4.98 Å². The van der Waals surface area contributed by atoms with E-state index in [4.69, 9.17) is 14.2 Å². The molecular formula is C30H25N3O7S2. The molecule has 3 heterocycles. The molecule has 214 valence electrons. The maximum absolute atomic E-state index is 13.8. The van der Waals surface area contributed by atoms with Crippen LogP contribution in [0.4, 0.5) is 11.4 Å². The Morgan fingerprint density at radius 2 is 1.48 bits per heavy atom. The van der Waals surface area contributed by atoms with E-state index in [0.717, 1.165) is 21.8 Å². The first kappa shape index (κ1) is 27.6. The molecule has 6 rings (SSSR count). The summed E-state index contributed by atoms with van der Waals surface area (Å²) in [5.74, 6) is -0.437. The van der Waals surface area contributed by atoms with Crippen molar-refractivity contribution in [1.29, 1.82) is 0 Å². The van der Waals surface area contributed by atoms with Gasteiger partial charge < -0.3 is 24.5 Å². The summed E-state index contributed by atoms with van der Waals surface area (Å²) < 4.78 is 16.0. The molecule has 1 aromatic heterocycles. The first-order chi connectivity index (χ1) is 20.4. The first-order valence-electron chi connectivity index (χ1n) is 12.9. The standard InChI is InChI=1S/C30H25N3O7S2/c1-38-19-11-5-17(6-12-19)31-22(34)15-40-21-9-3-16(4-10-21)23-24-26(41-27-25(23)42-30(37)32-27)29(36)33(28(24)35)18-7-13-20(39-2)14-8-18/h3-14,23-24,26H,15H2,1-2H3,(H,31,34)(H,32,37)/t23-,24-,26+/m0/s1. The Morgan fingerprint density at radius 3 is 2.12 bits per heavy atom. The van der Waals surface area contributed by atoms with Crippen molar-refractivity contribution in [2.45, 2.75) is 16.2 Å². The van der Waals surface area contributed by atoms with Crippen LogP contribution in [0.1, 0.15) is 16.4 Å². The molecule has 12 heteroatoms. The topological polar surface area (TPSA) is 127 Å². The number of imide groups is 1. The van der Waals surface area contributed by atoms with Crippen molar-refractivity contribution in [3.8, 4) is 17.2 Å². The highest BCUT2D eigenvalue weighted by Crippen LogP contribution is 2.53. The summed E-state index contributed by atoms with van der Waals surface area (Å²) in [5, 5.41) is 2.67. The monoisotopic (exact) mass is 603 g/mol. The average Bonchev–Trinajstić information content (AvgIpc) is 3.50. The van der Waals surface area contributed by atoms with Crippen LogP contribution in [0, 0.1) is 5.92 Å². The Hall–Kier alpha value is -4.55. The van der Waals surface area contributed by atoms with Crippen molar-refractivity contribution < 1.29 is 28.6 Å². The molecule has 42 heavy (non-hydrogen) atoms. The second-order valence-electron chi connectivity index (χ2n) is 9.59. The summed E-state index contributed by atoms with van der Waals surface area (Å²) in [6.07, 6.45) is 0. The minimum absolute atomic E-state index is 0.205. The minimum Gasteiger partial charge on any atom is -0.497 e. The molecule has 3 atom stereocenters. The Morgan fingerprint density at radius 1 is 0.857 bits per heavy atom. The third-order valence-electron chi connectivity index (χ3n) is 7.14. The molecule has 2 aliphatic heterocycles. The quantitative estimate of drug-likeness (QED) is 0.286. The second-order valence-corrected chi connectivity index (χ2v) is 11.8. The highest BCUT2D eigenvalue weighted by molar-refractivity contribution is 8.00. The number of rotatable bonds is 8. The highest BCUT2D eigenvalue weighted by atomic mass is 32.2. The Labute approximate surface area is 248 Å². The molecule has 2 aliphatic rings. The van der Waals surface area contributed by atoms with E-state index in [1.165, 1.54) is 16.7 Å². The minimum atomic E-state index is -0.703. The number of amides is 3. The van der Waals surface area contributed by atoms with Crippen LogP contribution in [0.15, 0.2) is 82.6 Å². The van der Waals surface area contributed by atoms with Gasteiger partial charge in [-0.15, -0.1) is 0 Å². The largest absolute Gasteiger partial charge is 0.497 e. The number of ether oxygens (including phenoxy) is 3. The number of methoxy groups -OCH3 is 2. The van der Waals surface area contributed by atoms with Gasteiger partial charge in [0.25, 0.3) is 5.91 Å². The molecule has 0 unspecified atom stereocenters. The number of benzene rings is 3. The lowest BCUT2D eigenvalue weighted by Crippen LogP contribution is -2.32. The van der Waals surface area contributed by atoms with Gasteiger partial charge in [-0.25, -0.2) is 4.90 Å². The lowest BCUT2D eigenvalue weighted by atomic mass is 9.83. The van der Waals surface area contributed by atoms with E-state index >= 15 is 0 Å². The number of thioether (sulfide) groups is 1. The van der Waals surface area contributed by atoms with Crippen molar-refractivity contribution in [2.75, 3.05) is 31.0 Å². The Balaban J connectivity index is 1.22. The maximum Gasteiger partial charge on any atom is 0.305 e. The van der Waals surface area contributed by atoms with Gasteiger partial charge in [-0.2, -0.15) is 0 Å². The van der Waals surface area contributed by atoms with Gasteiger partial charge in [0.15, 0.2) is 6.61 Å². The molecule has 0 saturated carbocycles. The van der Waals surface area contributed by atoms with Gasteiger partial charge in [0.1, 0.15) is 22.5 Å². The van der Waals surface area contributed by atoms with E-state index in [1.54, 1.807) is 87.0 Å². The molecule has 0 aliphatic carbocycles. The number of fused-ring (bicyclic) bond motifs is 2. The van der Waals surface area contributed by atoms with E-state index in [2.05, 4.69) is 10.3 Å². The molecule has 0 bridgehead atoms. The van der Waals surface area contributed by atoms with Crippen LogP contribution in [0.5, 0.6) is 17.2 Å². The van der Waals surface area contributed by atoms with Crippen LogP contribution in [0.2, 0.25) is 0 Å². The summed E-state index contributed by atoms with van der Waals surface area (Å²) in [6, 6.07) is 20.7. The molecule has 0 spiro atoms. The third-order valence-corrected chi connectivity index (χ3v) is 9.54. The molecule has 10 nitrogen and oxygen atoms in total. The first-order valence-corrected chi connectivity index (χ1v) is 14.6. The van der Waals surface area contributed by atoms with Gasteiger partial charge >= 0.3 is 4.87 Å². The molecule has 3 amide bonds. The lowest BCUT2D eigenvalue weighted by molar-refractivity contribution is -0.122. The predicted molar refractivity (Wildman–Crippen MR) is 159 cm³/mol. The third kappa shape index (κ3) is 5.14. The predicted octanol–water partition coefficient (Wildman–Crippen LogP) is 4.27. The van der Waals surface area contributed by atoms with Crippen molar-refractivity contribution in [2.24, 2.45) is 5.92 Å². The number of anilines is 2. The fraction of sp³-hybridized carbons (Fsp3) is 0.200. The zero-order valence-corrected chi connectivity index (χ0v) is 24.1. The Bertz CT molecular complexity index is 1700. The van der Waals surface area contributed by atoms with Crippen LogP contribution < -0.4 is 29.3 Å². The number of aromatic nitrogens is 1. The van der Waals surface area contributed by atoms with Gasteiger partial charge in [-0.1, -0.05) is 35.2 Å². The average molecular weight is 604 g/mol. The number of H-pyrrole nitrogens is 1. The number of carbonyl (C=O) groups excluding carboxylic acids is 3. The maximum atomic E-state index is 13.8. The number of aromatic amines is 1. The normalized spacial score (nSPS) is 19.2. The summed E-state index contributed by atoms with van der Waals surface area (Å²) >= 11 is 2.27. The van der Waals surface area contributed by atoms with Gasteiger partial charge in [0.2, 0.25) is 11.8 Å². The van der Waals surface area contributed by atoms with E-state index < -0.39 is 17.1 Å². The van der Waals surface area contributed by atoms with Crippen LogP contribution in [0.3, 0.4) is 0 Å². The number of nitrogens with one attached hydrogen (secondary N) is 2. The SMILES string of the molecule is COc1ccc(NC(=O)COc2ccc([C@@H]3c4sc(=O)[nH]c4S[C@H]4C(=O)N(c5ccc(OC)cc5)C(=O)[C@@H]34)cc2)cc1. The lowest BCUT2D eigenvalue weighted by Gasteiger charge is -2.29. The van der Waals surface area contributed by atoms with Crippen molar-refractivity contribution >= 4 is 52.2 Å². The summed E-state index contributed by atoms with van der Waals surface area (Å²) in [4.78, 5) is 56.6. The second kappa shape index (κ2) is 11.4. The van der Waals surface area contributed by atoms with Crippen LogP contribution in [0.25, 0.3) is 0 Å². The number of hydrogen-bond donors (Lipinski definition) is 2. The van der Waals surface area contributed by atoms with Crippen LogP contribution in [-0.4, -0.2) is 48.8 Å². The molecule has 3 aromatic carbocycles. The number of nitrogens with zero attached hydrogens (tertiary/aromatic N) is 1. The molecule has 1 saturated heterocycles. The van der Waals surface area contributed by atoms with E-state index in [1.807, 2.05) is 0 Å². The summed E-state index contributed by atoms with van der Waals surface area (Å²) in [5.41, 5.74) is 1.84. The molecule has 2 N–H and O–H groups in total. The van der Waals surface area contributed by atoms with E-state index in [0.29, 0.717) is 33.6 Å². The number of carbonyl (C=O) groups is 3. The van der Waals surface area contributed by atoms with Crippen molar-refractivity contribution in [3.63, 3.8) is 0 Å². The van der Waals surface area contributed by atoms with E-state index in [-0.39, 0.29) is 29.2 Å². The van der Waals surface area contributed by atoms with Gasteiger partial charge in [-0.05, 0) is 66.2 Å². The van der Waals surface area contributed by atoms with Gasteiger partial charge in [0.05, 0.1) is 30.9 Å². The smallest absolute Gasteiger partial charge is 0.305 e. The zero-order valence-electron chi connectivity index (χ0n) is 22.5. The van der Waals surface area contributed by atoms with Gasteiger partial charge in [0, 0.05) is 16.5 Å².